The molecule has 0 saturated carbocycles. The Hall–Kier alpha value is -13.8. The number of rotatable bonds is 3. The molecule has 1 heterocycles. The van der Waals surface area contributed by atoms with E-state index in [4.69, 9.17) is 0 Å². The second kappa shape index (κ2) is 25.1. The van der Waals surface area contributed by atoms with Crippen LogP contribution in [0.15, 0.2) is 429 Å². The molecule has 7 aliphatic carbocycles. The summed E-state index contributed by atoms with van der Waals surface area (Å²) in [6, 6.07) is 158. The topological polar surface area (TPSA) is 4.93 Å². The maximum Gasteiger partial charge on any atom is 0.0720 e. The van der Waals surface area contributed by atoms with Gasteiger partial charge < -0.3 is 4.57 Å². The first-order valence-electron chi connectivity index (χ1n) is 40.3. The minimum atomic E-state index is -0.536. The van der Waals surface area contributed by atoms with Crippen LogP contribution in [-0.4, -0.2) is 4.57 Å². The normalized spacial score (nSPS) is 14.5. The van der Waals surface area contributed by atoms with E-state index in [-0.39, 0.29) is 5.41 Å². The number of halogens is 1. The van der Waals surface area contributed by atoms with Crippen LogP contribution in [-0.2, 0) is 28.1 Å². The van der Waals surface area contributed by atoms with Gasteiger partial charge in [0.05, 0.1) is 38.4 Å². The van der Waals surface area contributed by atoms with Gasteiger partial charge in [-0.05, 0) is 210 Å². The molecule has 26 rings (SSSR count). The molecule has 0 atom stereocenters. The third-order valence-corrected chi connectivity index (χ3v) is 27.5. The van der Waals surface area contributed by atoms with Gasteiger partial charge in [-0.15, -0.1) is 0 Å². The molecule has 0 bridgehead atoms. The van der Waals surface area contributed by atoms with Gasteiger partial charge in [-0.1, -0.05) is 404 Å². The summed E-state index contributed by atoms with van der Waals surface area (Å²) in [5, 5.41) is 2.53. The molecule has 4 spiro atoms. The Labute approximate surface area is 678 Å². The van der Waals surface area contributed by atoms with E-state index < -0.39 is 16.2 Å². The van der Waals surface area contributed by atoms with Gasteiger partial charge in [0.1, 0.15) is 0 Å². The Bertz CT molecular complexity index is 7100. The molecule has 18 aromatic carbocycles. The molecule has 0 amide bonds. The van der Waals surface area contributed by atoms with Crippen molar-refractivity contribution in [3.05, 3.63) is 529 Å². The smallest absolute Gasteiger partial charge is 0.0720 e. The summed E-state index contributed by atoms with van der Waals surface area (Å²) in [7, 11) is 0. The lowest BCUT2D eigenvalue weighted by Gasteiger charge is -2.48. The minimum absolute atomic E-state index is 0.380. The number of benzene rings is 18. The van der Waals surface area contributed by atoms with Crippen molar-refractivity contribution < 1.29 is 0 Å². The Kier molecular flexibility index (Phi) is 14.4. The molecular formula is C113H72BrN. The van der Waals surface area contributed by atoms with Crippen LogP contribution in [0.3, 0.4) is 0 Å². The molecule has 7 aliphatic rings. The Morgan fingerprint density at radius 3 is 0.974 bits per heavy atom. The number of fused-ring (bicyclic) bond motifs is 38. The highest BCUT2D eigenvalue weighted by atomic mass is 79.9. The highest BCUT2D eigenvalue weighted by molar-refractivity contribution is 9.10. The number of hydrogen-bond acceptors (Lipinski definition) is 0. The highest BCUT2D eigenvalue weighted by Crippen LogP contribution is 2.70. The fraction of sp³-hybridized carbons (Fsp3) is 0.0442. The zero-order valence-electron chi connectivity index (χ0n) is 62.9. The summed E-state index contributed by atoms with van der Waals surface area (Å²) in [6.07, 6.45) is 1.07. The minimum Gasteiger partial charge on any atom is -0.309 e. The first kappa shape index (κ1) is 65.9. The van der Waals surface area contributed by atoms with Crippen molar-refractivity contribution >= 4 is 37.7 Å². The summed E-state index contributed by atoms with van der Waals surface area (Å²) < 4.78 is 3.68. The van der Waals surface area contributed by atoms with E-state index in [1.54, 1.807) is 0 Å². The molecule has 19 aromatic rings. The molecular weight excluding hydrogens is 1450 g/mol. The molecule has 2 heteroatoms. The van der Waals surface area contributed by atoms with E-state index in [2.05, 4.69) is 445 Å². The molecule has 0 aliphatic heterocycles. The monoisotopic (exact) mass is 1520 g/mol. The summed E-state index contributed by atoms with van der Waals surface area (Å²) in [5.41, 5.74) is 44.9. The average Bonchev–Trinajstić information content (AvgIpc) is 1.52. The highest BCUT2D eigenvalue weighted by Gasteiger charge is 2.61. The maximum atomic E-state index is 3.95. The maximum absolute atomic E-state index is 3.95. The number of nitrogens with zero attached hydrogens (tertiary/aromatic N) is 1. The van der Waals surface area contributed by atoms with Crippen molar-refractivity contribution in [2.75, 3.05) is 0 Å². The molecule has 1 nitrogen and oxygen atoms in total. The second-order valence-corrected chi connectivity index (χ2v) is 32.7. The lowest BCUT2D eigenvalue weighted by atomic mass is 9.52. The van der Waals surface area contributed by atoms with Gasteiger partial charge in [0, 0.05) is 26.4 Å². The van der Waals surface area contributed by atoms with E-state index in [0.29, 0.717) is 0 Å². The largest absolute Gasteiger partial charge is 0.309 e. The van der Waals surface area contributed by atoms with Gasteiger partial charge >= 0.3 is 0 Å². The molecule has 0 radical (unpaired) electrons. The van der Waals surface area contributed by atoms with Crippen molar-refractivity contribution in [1.29, 1.82) is 0 Å². The van der Waals surface area contributed by atoms with E-state index in [1.807, 2.05) is 0 Å². The predicted octanol–water partition coefficient (Wildman–Crippen LogP) is 27.9. The van der Waals surface area contributed by atoms with Crippen LogP contribution in [0, 0.1) is 0 Å². The molecule has 1 aromatic heterocycles. The molecule has 0 unspecified atom stereocenters. The van der Waals surface area contributed by atoms with Gasteiger partial charge in [0.15, 0.2) is 0 Å². The van der Waals surface area contributed by atoms with Gasteiger partial charge in [0.25, 0.3) is 0 Å². The van der Waals surface area contributed by atoms with Gasteiger partial charge in [-0.25, -0.2) is 0 Å². The molecule has 536 valence electrons. The zero-order valence-corrected chi connectivity index (χ0v) is 64.5. The Balaban J connectivity index is 0.000000112. The fourth-order valence-electron chi connectivity index (χ4n) is 22.7. The van der Waals surface area contributed by atoms with Gasteiger partial charge in [0.2, 0.25) is 0 Å². The zero-order chi connectivity index (χ0) is 75.7. The summed E-state index contributed by atoms with van der Waals surface area (Å²) >= 11 is 3.95. The predicted molar refractivity (Wildman–Crippen MR) is 477 cm³/mol. The average molecular weight is 1520 g/mol. The van der Waals surface area contributed by atoms with E-state index >= 15 is 0 Å². The van der Waals surface area contributed by atoms with E-state index in [1.165, 1.54) is 206 Å². The van der Waals surface area contributed by atoms with Crippen molar-refractivity contribution in [3.8, 4) is 83.6 Å². The van der Waals surface area contributed by atoms with Crippen LogP contribution in [0.2, 0.25) is 0 Å². The SMILES string of the molecule is Brc1cccc2c1-c1ccccc1C21c2ccccc2C2(c3ccccc3-c3ccccc32)c2ccccc21.c1ccc(-c2ccc3c(c2)-c2ccccc2C3)cc1.c1ccc(-c2ccc3c(c2)c2ccccc2n3-c2cccc3c2-c2ccccc2C32c3ccccc3C3(c4ccccc4-c4ccccc43)c3ccccc32)cc1. The molecule has 0 N–H and O–H groups in total. The lowest BCUT2D eigenvalue weighted by Crippen LogP contribution is -2.43. The van der Waals surface area contributed by atoms with Crippen LogP contribution in [0.4, 0.5) is 0 Å². The van der Waals surface area contributed by atoms with Crippen LogP contribution in [0.25, 0.3) is 105 Å². The second-order valence-electron chi connectivity index (χ2n) is 31.8. The quantitative estimate of drug-likeness (QED) is 0.166. The number of hydrogen-bond donors (Lipinski definition) is 0. The van der Waals surface area contributed by atoms with E-state index in [9.17, 15) is 0 Å². The Morgan fingerprint density at radius 1 is 0.191 bits per heavy atom. The van der Waals surface area contributed by atoms with Crippen LogP contribution < -0.4 is 0 Å². The van der Waals surface area contributed by atoms with Gasteiger partial charge in [-0.3, -0.25) is 0 Å². The number of para-hydroxylation sites is 1. The summed E-state index contributed by atoms with van der Waals surface area (Å²) in [6.45, 7) is 0. The van der Waals surface area contributed by atoms with Gasteiger partial charge in [-0.2, -0.15) is 0 Å². The lowest BCUT2D eigenvalue weighted by molar-refractivity contribution is 0.633. The number of aromatic nitrogens is 1. The van der Waals surface area contributed by atoms with Crippen LogP contribution in [0.1, 0.15) is 100 Å². The summed E-state index contributed by atoms with van der Waals surface area (Å²) in [5.74, 6) is 0. The molecule has 115 heavy (non-hydrogen) atoms. The fourth-order valence-corrected chi connectivity index (χ4v) is 23.3. The van der Waals surface area contributed by atoms with Crippen LogP contribution in [0.5, 0.6) is 0 Å². The van der Waals surface area contributed by atoms with Crippen LogP contribution >= 0.6 is 15.9 Å². The van der Waals surface area contributed by atoms with E-state index in [0.717, 1.165) is 10.9 Å². The standard InChI is InChI=1S/C56H35N.C38H23Br.C19H14/c1-2-17-36(18-3-1)37-33-34-52-42(35-37)40-21-7-15-31-51(40)57(52)53-32-16-30-50-54(53)41-22-6-10-25-45(41)56(50)48-28-13-11-26-46(48)55(47-27-12-14-29-49(47)56)43-23-8-4-19-38(43)39-20-5-9-24-44(39)55;39-35-23-11-22-34-36(35)26-14-3-6-17-29(26)38(34)32-20-9-7-18-30(32)37(31-19-8-10-21-33(31)38)27-15-4-1-12-24(27)25-13-2-5-16-28(25)37;1-2-6-14(7-3-1)15-10-11-17-12-16-8-4-5-9-18(16)19(17)13-15/h1-35H;1-23H;1-11,13H,12H2. The first-order valence-corrected chi connectivity index (χ1v) is 41.1. The first-order chi connectivity index (χ1) is 57.0. The molecule has 0 saturated heterocycles. The van der Waals surface area contributed by atoms with Crippen molar-refractivity contribution in [1.82, 2.24) is 4.57 Å². The summed E-state index contributed by atoms with van der Waals surface area (Å²) in [4.78, 5) is 0. The molecule has 0 fully saturated rings. The Morgan fingerprint density at radius 2 is 0.504 bits per heavy atom. The third kappa shape index (κ3) is 8.76. The van der Waals surface area contributed by atoms with Crippen molar-refractivity contribution in [2.45, 2.75) is 28.1 Å². The van der Waals surface area contributed by atoms with Crippen molar-refractivity contribution in [2.24, 2.45) is 0 Å². The van der Waals surface area contributed by atoms with Crippen molar-refractivity contribution in [3.63, 3.8) is 0 Å². The third-order valence-electron chi connectivity index (χ3n) is 26.8.